The first-order chi connectivity index (χ1) is 14.1. The predicted octanol–water partition coefficient (Wildman–Crippen LogP) is 4.05. The molecule has 2 aromatic carbocycles. The molecular weight excluding hydrogens is 388 g/mol. The molecule has 7 heteroatoms. The molecule has 1 saturated heterocycles. The third kappa shape index (κ3) is 4.41. The minimum atomic E-state index is -0.885. The summed E-state index contributed by atoms with van der Waals surface area (Å²) in [6.07, 6.45) is -0.305. The standard InChI is InChI=1S/C22H22N2O4S/c25-21(26)20-18(17-8-4-5-9-19(17)29-20)14-23-10-12-24(13-11-23)22(27)28-15-16-6-2-1-3-7-16/h1-9H,10-15H2,(H,25,26). The molecule has 0 atom stereocenters. The van der Waals surface area contributed by atoms with Crippen molar-refractivity contribution < 1.29 is 19.4 Å². The Kier molecular flexibility index (Phi) is 5.78. The largest absolute Gasteiger partial charge is 0.477 e. The van der Waals surface area contributed by atoms with E-state index in [2.05, 4.69) is 4.90 Å². The summed E-state index contributed by atoms with van der Waals surface area (Å²) in [7, 11) is 0. The quantitative estimate of drug-likeness (QED) is 0.687. The van der Waals surface area contributed by atoms with E-state index < -0.39 is 5.97 Å². The van der Waals surface area contributed by atoms with Gasteiger partial charge in [0, 0.05) is 37.4 Å². The van der Waals surface area contributed by atoms with Gasteiger partial charge in [-0.1, -0.05) is 48.5 Å². The maximum absolute atomic E-state index is 12.3. The third-order valence-electron chi connectivity index (χ3n) is 5.11. The van der Waals surface area contributed by atoms with Crippen LogP contribution in [0.5, 0.6) is 0 Å². The number of nitrogens with zero attached hydrogens (tertiary/aromatic N) is 2. The van der Waals surface area contributed by atoms with Crippen LogP contribution < -0.4 is 0 Å². The molecular formula is C22H22N2O4S. The fraction of sp³-hybridized carbons (Fsp3) is 0.273. The van der Waals surface area contributed by atoms with E-state index in [-0.39, 0.29) is 12.7 Å². The molecule has 0 aliphatic carbocycles. The van der Waals surface area contributed by atoms with E-state index in [4.69, 9.17) is 4.74 Å². The molecule has 29 heavy (non-hydrogen) atoms. The van der Waals surface area contributed by atoms with Crippen molar-refractivity contribution in [2.24, 2.45) is 0 Å². The van der Waals surface area contributed by atoms with Crippen LogP contribution in [-0.2, 0) is 17.9 Å². The lowest BCUT2D eigenvalue weighted by molar-refractivity contribution is 0.0687. The molecule has 150 valence electrons. The highest BCUT2D eigenvalue weighted by Gasteiger charge is 2.25. The number of hydrogen-bond donors (Lipinski definition) is 1. The minimum absolute atomic E-state index is 0.267. The number of rotatable bonds is 5. The van der Waals surface area contributed by atoms with Crippen LogP contribution in [0.15, 0.2) is 54.6 Å². The number of benzene rings is 2. The van der Waals surface area contributed by atoms with E-state index in [0.717, 1.165) is 21.2 Å². The molecule has 2 heterocycles. The molecule has 1 aliphatic rings. The van der Waals surface area contributed by atoms with Crippen LogP contribution in [0.25, 0.3) is 10.1 Å². The summed E-state index contributed by atoms with van der Waals surface area (Å²) in [4.78, 5) is 28.3. The highest BCUT2D eigenvalue weighted by molar-refractivity contribution is 7.21. The monoisotopic (exact) mass is 410 g/mol. The zero-order chi connectivity index (χ0) is 20.2. The summed E-state index contributed by atoms with van der Waals surface area (Å²) in [5.41, 5.74) is 1.82. The van der Waals surface area contributed by atoms with Gasteiger partial charge in [0.15, 0.2) is 0 Å². The van der Waals surface area contributed by atoms with Crippen molar-refractivity contribution in [3.05, 3.63) is 70.6 Å². The summed E-state index contributed by atoms with van der Waals surface area (Å²) in [5.74, 6) is -0.885. The Labute approximate surface area is 172 Å². The lowest BCUT2D eigenvalue weighted by Crippen LogP contribution is -2.48. The van der Waals surface area contributed by atoms with E-state index >= 15 is 0 Å². The van der Waals surface area contributed by atoms with Crippen molar-refractivity contribution in [2.75, 3.05) is 26.2 Å². The maximum atomic E-state index is 12.3. The Morgan fingerprint density at radius 3 is 2.38 bits per heavy atom. The van der Waals surface area contributed by atoms with Gasteiger partial charge in [-0.05, 0) is 22.6 Å². The van der Waals surface area contributed by atoms with Gasteiger partial charge in [-0.15, -0.1) is 11.3 Å². The fourth-order valence-corrected chi connectivity index (χ4v) is 4.60. The van der Waals surface area contributed by atoms with E-state index in [9.17, 15) is 14.7 Å². The van der Waals surface area contributed by atoms with Gasteiger partial charge in [0.25, 0.3) is 0 Å². The van der Waals surface area contributed by atoms with Gasteiger partial charge in [0.1, 0.15) is 11.5 Å². The van der Waals surface area contributed by atoms with Crippen LogP contribution in [0, 0.1) is 0 Å². The number of hydrogen-bond acceptors (Lipinski definition) is 5. The second kappa shape index (κ2) is 8.63. The van der Waals surface area contributed by atoms with Crippen LogP contribution in [-0.4, -0.2) is 53.1 Å². The average Bonchev–Trinajstić information content (AvgIpc) is 3.12. The second-order valence-corrected chi connectivity index (χ2v) is 8.07. The number of ether oxygens (including phenoxy) is 1. The van der Waals surface area contributed by atoms with E-state index in [1.165, 1.54) is 11.3 Å². The molecule has 0 bridgehead atoms. The number of carbonyl (C=O) groups is 2. The van der Waals surface area contributed by atoms with Crippen LogP contribution >= 0.6 is 11.3 Å². The van der Waals surface area contributed by atoms with Crippen LogP contribution in [0.4, 0.5) is 4.79 Å². The van der Waals surface area contributed by atoms with Crippen molar-refractivity contribution >= 4 is 33.5 Å². The highest BCUT2D eigenvalue weighted by Crippen LogP contribution is 2.32. The van der Waals surface area contributed by atoms with Gasteiger partial charge in [0.2, 0.25) is 0 Å². The topological polar surface area (TPSA) is 70.1 Å². The number of thiophene rings is 1. The highest BCUT2D eigenvalue weighted by atomic mass is 32.1. The molecule has 6 nitrogen and oxygen atoms in total. The molecule has 1 aliphatic heterocycles. The summed E-state index contributed by atoms with van der Waals surface area (Å²) >= 11 is 1.32. The first-order valence-corrected chi connectivity index (χ1v) is 10.3. The van der Waals surface area contributed by atoms with E-state index in [1.807, 2.05) is 54.6 Å². The van der Waals surface area contributed by atoms with Gasteiger partial charge in [-0.3, -0.25) is 4.90 Å². The zero-order valence-corrected chi connectivity index (χ0v) is 16.7. The van der Waals surface area contributed by atoms with Crippen molar-refractivity contribution in [3.63, 3.8) is 0 Å². The second-order valence-electron chi connectivity index (χ2n) is 7.01. The number of fused-ring (bicyclic) bond motifs is 1. The van der Waals surface area contributed by atoms with Gasteiger partial charge in [-0.25, -0.2) is 9.59 Å². The van der Waals surface area contributed by atoms with Gasteiger partial charge in [0.05, 0.1) is 0 Å². The molecule has 4 rings (SSSR count). The maximum Gasteiger partial charge on any atom is 0.410 e. The number of carboxylic acids is 1. The van der Waals surface area contributed by atoms with Crippen LogP contribution in [0.1, 0.15) is 20.8 Å². The Balaban J connectivity index is 1.36. The van der Waals surface area contributed by atoms with Gasteiger partial charge < -0.3 is 14.7 Å². The van der Waals surface area contributed by atoms with Crippen molar-refractivity contribution in [1.29, 1.82) is 0 Å². The average molecular weight is 410 g/mol. The van der Waals surface area contributed by atoms with E-state index in [1.54, 1.807) is 4.90 Å². The number of amides is 1. The molecule has 0 spiro atoms. The van der Waals surface area contributed by atoms with Gasteiger partial charge >= 0.3 is 12.1 Å². The summed E-state index contributed by atoms with van der Waals surface area (Å²) < 4.78 is 6.40. The van der Waals surface area contributed by atoms with Crippen molar-refractivity contribution in [2.45, 2.75) is 13.2 Å². The number of carboxylic acid groups (broad SMARTS) is 1. The van der Waals surface area contributed by atoms with Crippen molar-refractivity contribution in [3.8, 4) is 0 Å². The van der Waals surface area contributed by atoms with E-state index in [0.29, 0.717) is 37.6 Å². The molecule has 0 saturated carbocycles. The molecule has 1 aromatic heterocycles. The van der Waals surface area contributed by atoms with Crippen LogP contribution in [0.3, 0.4) is 0 Å². The molecule has 1 N–H and O–H groups in total. The SMILES string of the molecule is O=C(O)c1sc2ccccc2c1CN1CCN(C(=O)OCc2ccccc2)CC1. The lowest BCUT2D eigenvalue weighted by atomic mass is 10.1. The Hall–Kier alpha value is -2.90. The normalized spacial score (nSPS) is 14.8. The number of aromatic carboxylic acids is 1. The first-order valence-electron chi connectivity index (χ1n) is 9.53. The Morgan fingerprint density at radius 1 is 0.966 bits per heavy atom. The van der Waals surface area contributed by atoms with Gasteiger partial charge in [-0.2, -0.15) is 0 Å². The summed E-state index contributed by atoms with van der Waals surface area (Å²) in [6.45, 7) is 3.34. The van der Waals surface area contributed by atoms with Crippen LogP contribution in [0.2, 0.25) is 0 Å². The molecule has 0 radical (unpaired) electrons. The number of carbonyl (C=O) groups excluding carboxylic acids is 1. The predicted molar refractivity (Wildman–Crippen MR) is 112 cm³/mol. The Morgan fingerprint density at radius 2 is 1.66 bits per heavy atom. The molecule has 0 unspecified atom stereocenters. The molecule has 3 aromatic rings. The van der Waals surface area contributed by atoms with Crippen molar-refractivity contribution in [1.82, 2.24) is 9.80 Å². The summed E-state index contributed by atoms with van der Waals surface area (Å²) in [6, 6.07) is 17.4. The summed E-state index contributed by atoms with van der Waals surface area (Å²) in [5, 5.41) is 10.6. The fourth-order valence-electron chi connectivity index (χ4n) is 3.55. The first kappa shape index (κ1) is 19.4. The Bertz CT molecular complexity index is 1010. The smallest absolute Gasteiger partial charge is 0.410 e. The number of piperazine rings is 1. The lowest BCUT2D eigenvalue weighted by Gasteiger charge is -2.34. The third-order valence-corrected chi connectivity index (χ3v) is 6.31. The molecule has 1 fully saturated rings. The molecule has 1 amide bonds. The minimum Gasteiger partial charge on any atom is -0.477 e. The zero-order valence-electron chi connectivity index (χ0n) is 15.9.